The number of rotatable bonds is 5. The summed E-state index contributed by atoms with van der Waals surface area (Å²) in [6.07, 6.45) is 3.49. The fourth-order valence-corrected chi connectivity index (χ4v) is 2.21. The van der Waals surface area contributed by atoms with Crippen LogP contribution < -0.4 is 14.2 Å². The Morgan fingerprint density at radius 2 is 1.43 bits per heavy atom. The molecule has 0 aliphatic carbocycles. The van der Waals surface area contributed by atoms with Crippen molar-refractivity contribution in [3.8, 4) is 28.7 Å². The molecule has 23 heavy (non-hydrogen) atoms. The molecular weight excluding hydrogens is 296 g/mol. The maximum absolute atomic E-state index is 9.97. The van der Waals surface area contributed by atoms with Gasteiger partial charge in [-0.2, -0.15) is 0 Å². The highest BCUT2D eigenvalue weighted by Crippen LogP contribution is 2.39. The predicted octanol–water partition coefficient (Wildman–Crippen LogP) is 3.60. The van der Waals surface area contributed by atoms with E-state index in [1.165, 1.54) is 0 Å². The second kappa shape index (κ2) is 6.96. The van der Waals surface area contributed by atoms with E-state index < -0.39 is 0 Å². The second-order valence-corrected chi connectivity index (χ2v) is 4.96. The molecule has 5 nitrogen and oxygen atoms in total. The standard InChI is InChI=1S/C18H20O5/c1-11-5-7-13(17(20)16(11)19)8-6-12-9-14(21-2)18(23-4)15(10-12)22-3/h5-10,19-20H,1-4H3. The maximum Gasteiger partial charge on any atom is 0.203 e. The van der Waals surface area contributed by atoms with Crippen molar-refractivity contribution in [2.75, 3.05) is 21.3 Å². The lowest BCUT2D eigenvalue weighted by molar-refractivity contribution is 0.324. The van der Waals surface area contributed by atoms with Gasteiger partial charge in [-0.15, -0.1) is 0 Å². The topological polar surface area (TPSA) is 68.2 Å². The normalized spacial score (nSPS) is 10.8. The van der Waals surface area contributed by atoms with Gasteiger partial charge in [-0.25, -0.2) is 0 Å². The van der Waals surface area contributed by atoms with Crippen LogP contribution in [0.4, 0.5) is 0 Å². The summed E-state index contributed by atoms with van der Waals surface area (Å²) in [6, 6.07) is 7.06. The lowest BCUT2D eigenvalue weighted by Gasteiger charge is -2.13. The Morgan fingerprint density at radius 3 is 1.96 bits per heavy atom. The number of hydrogen-bond acceptors (Lipinski definition) is 5. The van der Waals surface area contributed by atoms with E-state index in [9.17, 15) is 10.2 Å². The molecule has 0 heterocycles. The summed E-state index contributed by atoms with van der Waals surface area (Å²) in [6.45, 7) is 1.72. The van der Waals surface area contributed by atoms with Gasteiger partial charge in [0, 0.05) is 5.56 Å². The first-order valence-electron chi connectivity index (χ1n) is 7.01. The van der Waals surface area contributed by atoms with E-state index in [1.54, 1.807) is 64.7 Å². The number of benzene rings is 2. The van der Waals surface area contributed by atoms with Crippen LogP contribution >= 0.6 is 0 Å². The van der Waals surface area contributed by atoms with Gasteiger partial charge < -0.3 is 24.4 Å². The zero-order chi connectivity index (χ0) is 17.0. The molecule has 2 aromatic carbocycles. The molecule has 0 bridgehead atoms. The van der Waals surface area contributed by atoms with Crippen LogP contribution in [0.25, 0.3) is 12.2 Å². The highest BCUT2D eigenvalue weighted by atomic mass is 16.5. The molecule has 2 rings (SSSR count). The summed E-state index contributed by atoms with van der Waals surface area (Å²) in [5, 5.41) is 19.7. The number of hydrogen-bond donors (Lipinski definition) is 2. The summed E-state index contributed by atoms with van der Waals surface area (Å²) < 4.78 is 15.9. The minimum atomic E-state index is -0.145. The highest BCUT2D eigenvalue weighted by molar-refractivity contribution is 5.76. The van der Waals surface area contributed by atoms with E-state index in [2.05, 4.69) is 0 Å². The zero-order valence-corrected chi connectivity index (χ0v) is 13.6. The average Bonchev–Trinajstić information content (AvgIpc) is 2.57. The molecule has 0 unspecified atom stereocenters. The van der Waals surface area contributed by atoms with Crippen molar-refractivity contribution in [2.24, 2.45) is 0 Å². The minimum Gasteiger partial charge on any atom is -0.504 e. The zero-order valence-electron chi connectivity index (χ0n) is 13.6. The molecule has 0 aliphatic rings. The monoisotopic (exact) mass is 316 g/mol. The van der Waals surface area contributed by atoms with Gasteiger partial charge in [-0.3, -0.25) is 0 Å². The largest absolute Gasteiger partial charge is 0.504 e. The van der Waals surface area contributed by atoms with Gasteiger partial charge in [0.25, 0.3) is 0 Å². The smallest absolute Gasteiger partial charge is 0.203 e. The van der Waals surface area contributed by atoms with Gasteiger partial charge in [-0.05, 0) is 30.2 Å². The SMILES string of the molecule is COc1cc(C=Cc2ccc(C)c(O)c2O)cc(OC)c1OC. The van der Waals surface area contributed by atoms with Crippen molar-refractivity contribution < 1.29 is 24.4 Å². The van der Waals surface area contributed by atoms with Crippen LogP contribution in [0.1, 0.15) is 16.7 Å². The molecule has 122 valence electrons. The average molecular weight is 316 g/mol. The van der Waals surface area contributed by atoms with Crippen LogP contribution in [-0.2, 0) is 0 Å². The molecule has 0 fully saturated rings. The van der Waals surface area contributed by atoms with Gasteiger partial charge in [0.15, 0.2) is 23.0 Å². The summed E-state index contributed by atoms with van der Waals surface area (Å²) in [5.41, 5.74) is 1.94. The van der Waals surface area contributed by atoms with Crippen molar-refractivity contribution >= 4 is 12.2 Å². The molecule has 5 heteroatoms. The van der Waals surface area contributed by atoms with E-state index in [0.29, 0.717) is 28.4 Å². The van der Waals surface area contributed by atoms with E-state index >= 15 is 0 Å². The third-order valence-electron chi connectivity index (χ3n) is 3.53. The third-order valence-corrected chi connectivity index (χ3v) is 3.53. The van der Waals surface area contributed by atoms with Gasteiger partial charge in [0.05, 0.1) is 21.3 Å². The molecule has 0 aromatic heterocycles. The van der Waals surface area contributed by atoms with E-state index in [0.717, 1.165) is 5.56 Å². The Bertz CT molecular complexity index is 709. The first kappa shape index (κ1) is 16.5. The van der Waals surface area contributed by atoms with E-state index in [4.69, 9.17) is 14.2 Å². The molecule has 0 saturated heterocycles. The maximum atomic E-state index is 9.97. The Morgan fingerprint density at radius 1 is 0.826 bits per heavy atom. The Hall–Kier alpha value is -2.82. The number of phenols is 2. The van der Waals surface area contributed by atoms with Gasteiger partial charge in [0.1, 0.15) is 0 Å². The van der Waals surface area contributed by atoms with Crippen molar-refractivity contribution in [1.29, 1.82) is 0 Å². The molecule has 0 atom stereocenters. The highest BCUT2D eigenvalue weighted by Gasteiger charge is 2.12. The van der Waals surface area contributed by atoms with Gasteiger partial charge >= 0.3 is 0 Å². The summed E-state index contributed by atoms with van der Waals surface area (Å²) in [5.74, 6) is 1.35. The number of aryl methyl sites for hydroxylation is 1. The number of methoxy groups -OCH3 is 3. The molecule has 2 aromatic rings. The number of phenolic OH excluding ortho intramolecular Hbond substituents is 2. The lowest BCUT2D eigenvalue weighted by atomic mass is 10.1. The molecule has 0 spiro atoms. The second-order valence-electron chi connectivity index (χ2n) is 4.96. The van der Waals surface area contributed by atoms with E-state index in [1.807, 2.05) is 0 Å². The molecule has 0 saturated carbocycles. The van der Waals surface area contributed by atoms with Crippen LogP contribution in [0.15, 0.2) is 24.3 Å². The van der Waals surface area contributed by atoms with Crippen LogP contribution in [0, 0.1) is 6.92 Å². The predicted molar refractivity (Wildman–Crippen MR) is 89.5 cm³/mol. The Balaban J connectivity index is 2.42. The van der Waals surface area contributed by atoms with Crippen molar-refractivity contribution in [1.82, 2.24) is 0 Å². The minimum absolute atomic E-state index is 0.114. The fraction of sp³-hybridized carbons (Fsp3) is 0.222. The third kappa shape index (κ3) is 3.34. The summed E-state index contributed by atoms with van der Waals surface area (Å²) >= 11 is 0. The van der Waals surface area contributed by atoms with Gasteiger partial charge in [0.2, 0.25) is 5.75 Å². The van der Waals surface area contributed by atoms with E-state index in [-0.39, 0.29) is 11.5 Å². The molecule has 0 amide bonds. The van der Waals surface area contributed by atoms with Crippen LogP contribution in [0.2, 0.25) is 0 Å². The van der Waals surface area contributed by atoms with Gasteiger partial charge in [-0.1, -0.05) is 24.3 Å². The molecule has 0 aliphatic heterocycles. The fourth-order valence-electron chi connectivity index (χ4n) is 2.21. The molecule has 2 N–H and O–H groups in total. The first-order valence-corrected chi connectivity index (χ1v) is 7.01. The summed E-state index contributed by atoms with van der Waals surface area (Å²) in [4.78, 5) is 0. The quantitative estimate of drug-likeness (QED) is 0.651. The van der Waals surface area contributed by atoms with Crippen molar-refractivity contribution in [3.63, 3.8) is 0 Å². The Kier molecular flexibility index (Phi) is 5.01. The summed E-state index contributed by atoms with van der Waals surface area (Å²) in [7, 11) is 4.65. The Labute approximate surface area is 135 Å². The van der Waals surface area contributed by atoms with Crippen molar-refractivity contribution in [3.05, 3.63) is 41.0 Å². The molecule has 0 radical (unpaired) electrons. The first-order chi connectivity index (χ1) is 11.0. The van der Waals surface area contributed by atoms with Crippen LogP contribution in [0.5, 0.6) is 28.7 Å². The van der Waals surface area contributed by atoms with Crippen molar-refractivity contribution in [2.45, 2.75) is 6.92 Å². The molecular formula is C18H20O5. The number of ether oxygens (including phenoxy) is 3. The van der Waals surface area contributed by atoms with Crippen LogP contribution in [-0.4, -0.2) is 31.5 Å². The number of aromatic hydroxyl groups is 2. The van der Waals surface area contributed by atoms with Crippen LogP contribution in [0.3, 0.4) is 0 Å². The lowest BCUT2D eigenvalue weighted by Crippen LogP contribution is -1.95.